The zero-order valence-electron chi connectivity index (χ0n) is 11.8. The molecular formula is C17H13ClN2O2. The molecule has 0 radical (unpaired) electrons. The largest absolute Gasteiger partial charge is 0.463 e. The standard InChI is InChI=1S/C17H13ClN2O2/c1-11-2-7-16-15(8-11)17(12(9-21)10-22-16)20-19-14-5-3-13(18)4-6-14/h2-10,19H,1H3. The lowest BCUT2D eigenvalue weighted by atomic mass is 10.1. The van der Waals surface area contributed by atoms with Gasteiger partial charge in [-0.25, -0.2) is 0 Å². The van der Waals surface area contributed by atoms with Crippen molar-refractivity contribution in [1.29, 1.82) is 0 Å². The van der Waals surface area contributed by atoms with E-state index in [-0.39, 0.29) is 0 Å². The lowest BCUT2D eigenvalue weighted by molar-refractivity contribution is 0.112. The van der Waals surface area contributed by atoms with E-state index in [1.807, 2.05) is 37.3 Å². The Morgan fingerprint density at radius 3 is 2.68 bits per heavy atom. The lowest BCUT2D eigenvalue weighted by Gasteiger charge is -2.04. The predicted octanol–water partition coefficient (Wildman–Crippen LogP) is 4.13. The molecule has 5 heteroatoms. The van der Waals surface area contributed by atoms with Gasteiger partial charge >= 0.3 is 0 Å². The second kappa shape index (κ2) is 6.03. The summed E-state index contributed by atoms with van der Waals surface area (Å²) >= 11 is 5.85. The number of anilines is 1. The van der Waals surface area contributed by atoms with E-state index in [0.717, 1.165) is 22.9 Å². The van der Waals surface area contributed by atoms with Gasteiger partial charge in [0.2, 0.25) is 0 Å². The second-order valence-electron chi connectivity index (χ2n) is 4.89. The number of aldehydes is 1. The topological polar surface area (TPSA) is 54.6 Å². The lowest BCUT2D eigenvalue weighted by Crippen LogP contribution is -2.13. The molecule has 0 saturated carbocycles. The highest BCUT2D eigenvalue weighted by molar-refractivity contribution is 6.30. The third-order valence-electron chi connectivity index (χ3n) is 3.24. The quantitative estimate of drug-likeness (QED) is 0.584. The molecule has 0 spiro atoms. The first kappa shape index (κ1) is 14.4. The number of fused-ring (bicyclic) bond motifs is 1. The van der Waals surface area contributed by atoms with Gasteiger partial charge < -0.3 is 4.42 Å². The number of hydrogen-bond donors (Lipinski definition) is 1. The summed E-state index contributed by atoms with van der Waals surface area (Å²) in [5.74, 6) is 0. The molecule has 1 heterocycles. The minimum Gasteiger partial charge on any atom is -0.463 e. The van der Waals surface area contributed by atoms with Crippen molar-refractivity contribution in [2.75, 3.05) is 5.43 Å². The summed E-state index contributed by atoms with van der Waals surface area (Å²) < 4.78 is 5.46. The Kier molecular flexibility index (Phi) is 3.94. The zero-order valence-corrected chi connectivity index (χ0v) is 12.6. The van der Waals surface area contributed by atoms with Crippen LogP contribution in [0.15, 0.2) is 58.2 Å². The van der Waals surface area contributed by atoms with Gasteiger partial charge in [0.25, 0.3) is 0 Å². The number of carbonyl (C=O) groups is 1. The molecule has 22 heavy (non-hydrogen) atoms. The number of benzene rings is 2. The maximum absolute atomic E-state index is 11.2. The molecule has 1 N–H and O–H groups in total. The van der Waals surface area contributed by atoms with Gasteiger partial charge in [-0.2, -0.15) is 5.10 Å². The molecule has 4 nitrogen and oxygen atoms in total. The third-order valence-corrected chi connectivity index (χ3v) is 3.50. The Morgan fingerprint density at radius 1 is 1.18 bits per heavy atom. The number of nitrogens with one attached hydrogen (secondary N) is 1. The van der Waals surface area contributed by atoms with Crippen LogP contribution < -0.4 is 10.8 Å². The summed E-state index contributed by atoms with van der Waals surface area (Å²) in [6.07, 6.45) is 2.14. The zero-order chi connectivity index (χ0) is 15.5. The van der Waals surface area contributed by atoms with E-state index in [4.69, 9.17) is 16.0 Å². The van der Waals surface area contributed by atoms with Crippen molar-refractivity contribution >= 4 is 34.5 Å². The Bertz CT molecular complexity index is 899. The van der Waals surface area contributed by atoms with Gasteiger partial charge in [0.15, 0.2) is 6.29 Å². The van der Waals surface area contributed by atoms with Crippen LogP contribution in [0.1, 0.15) is 15.9 Å². The Hall–Kier alpha value is -2.59. The van der Waals surface area contributed by atoms with E-state index in [0.29, 0.717) is 21.5 Å². The summed E-state index contributed by atoms with van der Waals surface area (Å²) in [5, 5.41) is 6.35. The van der Waals surface area contributed by atoms with Crippen molar-refractivity contribution < 1.29 is 9.21 Å². The van der Waals surface area contributed by atoms with Crippen molar-refractivity contribution in [3.63, 3.8) is 0 Å². The SMILES string of the molecule is Cc1ccc2occ(C=O)c(=NNc3ccc(Cl)cc3)c2c1. The number of carbonyl (C=O) groups excluding carboxylic acids is 1. The van der Waals surface area contributed by atoms with Crippen molar-refractivity contribution in [3.8, 4) is 0 Å². The van der Waals surface area contributed by atoms with Crippen molar-refractivity contribution in [2.24, 2.45) is 5.10 Å². The summed E-state index contributed by atoms with van der Waals surface area (Å²) in [4.78, 5) is 11.2. The summed E-state index contributed by atoms with van der Waals surface area (Å²) in [6, 6.07) is 12.9. The Labute approximate surface area is 132 Å². The molecule has 0 unspecified atom stereocenters. The Morgan fingerprint density at radius 2 is 1.95 bits per heavy atom. The molecule has 0 atom stereocenters. The highest BCUT2D eigenvalue weighted by Crippen LogP contribution is 2.15. The van der Waals surface area contributed by atoms with E-state index in [1.54, 1.807) is 12.1 Å². The predicted molar refractivity (Wildman–Crippen MR) is 87.0 cm³/mol. The molecule has 3 aromatic rings. The summed E-state index contributed by atoms with van der Waals surface area (Å²) in [5.41, 5.74) is 5.85. The van der Waals surface area contributed by atoms with Gasteiger partial charge in [0.1, 0.15) is 17.2 Å². The molecule has 0 amide bonds. The fourth-order valence-corrected chi connectivity index (χ4v) is 2.25. The highest BCUT2D eigenvalue weighted by Gasteiger charge is 2.05. The molecule has 0 fully saturated rings. The first-order chi connectivity index (χ1) is 10.7. The molecule has 0 aliphatic rings. The first-order valence-electron chi connectivity index (χ1n) is 6.70. The van der Waals surface area contributed by atoms with Crippen LogP contribution in [-0.4, -0.2) is 6.29 Å². The number of hydrogen-bond acceptors (Lipinski definition) is 4. The second-order valence-corrected chi connectivity index (χ2v) is 5.32. The average Bonchev–Trinajstić information content (AvgIpc) is 2.54. The number of halogens is 1. The number of nitrogens with zero attached hydrogens (tertiary/aromatic N) is 1. The van der Waals surface area contributed by atoms with E-state index < -0.39 is 0 Å². The summed E-state index contributed by atoms with van der Waals surface area (Å²) in [6.45, 7) is 1.98. The van der Waals surface area contributed by atoms with E-state index in [2.05, 4.69) is 10.5 Å². The first-order valence-corrected chi connectivity index (χ1v) is 7.08. The molecular weight excluding hydrogens is 300 g/mol. The highest BCUT2D eigenvalue weighted by atomic mass is 35.5. The van der Waals surface area contributed by atoms with Crippen LogP contribution in [0.3, 0.4) is 0 Å². The monoisotopic (exact) mass is 312 g/mol. The van der Waals surface area contributed by atoms with Gasteiger partial charge in [0.05, 0.1) is 11.3 Å². The maximum Gasteiger partial charge on any atom is 0.155 e. The van der Waals surface area contributed by atoms with Crippen LogP contribution in [0, 0.1) is 6.92 Å². The van der Waals surface area contributed by atoms with Crippen molar-refractivity contribution in [1.82, 2.24) is 0 Å². The average molecular weight is 313 g/mol. The minimum absolute atomic E-state index is 0.388. The molecule has 3 rings (SSSR count). The van der Waals surface area contributed by atoms with Gasteiger partial charge in [-0.15, -0.1) is 0 Å². The van der Waals surface area contributed by atoms with E-state index in [1.165, 1.54) is 6.26 Å². The smallest absolute Gasteiger partial charge is 0.155 e. The summed E-state index contributed by atoms with van der Waals surface area (Å²) in [7, 11) is 0. The van der Waals surface area contributed by atoms with E-state index in [9.17, 15) is 4.79 Å². The van der Waals surface area contributed by atoms with Crippen molar-refractivity contribution in [2.45, 2.75) is 6.92 Å². The molecule has 0 aliphatic carbocycles. The van der Waals surface area contributed by atoms with Gasteiger partial charge in [-0.05, 0) is 43.3 Å². The fraction of sp³-hybridized carbons (Fsp3) is 0.0588. The molecule has 0 saturated heterocycles. The number of rotatable bonds is 3. The van der Waals surface area contributed by atoms with Crippen molar-refractivity contribution in [3.05, 3.63) is 70.2 Å². The molecule has 2 aromatic carbocycles. The van der Waals surface area contributed by atoms with E-state index >= 15 is 0 Å². The van der Waals surface area contributed by atoms with Crippen LogP contribution in [-0.2, 0) is 0 Å². The third kappa shape index (κ3) is 2.87. The molecule has 0 bridgehead atoms. The minimum atomic E-state index is 0.388. The molecule has 0 aliphatic heterocycles. The molecule has 1 aromatic heterocycles. The molecule has 110 valence electrons. The van der Waals surface area contributed by atoms with Crippen LogP contribution >= 0.6 is 11.6 Å². The number of aryl methyl sites for hydroxylation is 1. The van der Waals surface area contributed by atoms with Crippen LogP contribution in [0.2, 0.25) is 5.02 Å². The Balaban J connectivity index is 2.14. The van der Waals surface area contributed by atoms with Crippen LogP contribution in [0.5, 0.6) is 0 Å². The van der Waals surface area contributed by atoms with Gasteiger partial charge in [-0.1, -0.05) is 23.2 Å². The van der Waals surface area contributed by atoms with Crippen LogP contribution in [0.4, 0.5) is 5.69 Å². The maximum atomic E-state index is 11.2. The normalized spacial score (nSPS) is 11.6. The fourth-order valence-electron chi connectivity index (χ4n) is 2.12. The van der Waals surface area contributed by atoms with Crippen LogP contribution in [0.25, 0.3) is 11.0 Å². The van der Waals surface area contributed by atoms with Gasteiger partial charge in [-0.3, -0.25) is 10.2 Å². The van der Waals surface area contributed by atoms with Gasteiger partial charge in [0, 0.05) is 10.4 Å².